The van der Waals surface area contributed by atoms with Gasteiger partial charge in [-0.3, -0.25) is 4.79 Å². The maximum absolute atomic E-state index is 12.9. The lowest BCUT2D eigenvalue weighted by atomic mass is 10.3. The number of nitrogens with zero attached hydrogens (tertiary/aromatic N) is 3. The number of halogens is 1. The van der Waals surface area contributed by atoms with Gasteiger partial charge in [-0.25, -0.2) is 14.4 Å². The maximum Gasteiger partial charge on any atom is 0.274 e. The Bertz CT molecular complexity index is 832. The van der Waals surface area contributed by atoms with Crippen molar-refractivity contribution in [3.05, 3.63) is 59.9 Å². The summed E-state index contributed by atoms with van der Waals surface area (Å²) in [5.74, 6) is 0.485. The number of aromatic nitrogens is 3. The van der Waals surface area contributed by atoms with Crippen LogP contribution in [0.3, 0.4) is 0 Å². The Hall–Kier alpha value is -3.29. The van der Waals surface area contributed by atoms with E-state index in [-0.39, 0.29) is 17.5 Å². The highest BCUT2D eigenvalue weighted by atomic mass is 19.1. The van der Waals surface area contributed by atoms with E-state index in [0.29, 0.717) is 17.3 Å². The van der Waals surface area contributed by atoms with Crippen molar-refractivity contribution in [2.45, 2.75) is 6.92 Å². The fraction of sp³-hybridized carbons (Fsp3) is 0.0667. The van der Waals surface area contributed by atoms with E-state index >= 15 is 0 Å². The van der Waals surface area contributed by atoms with Crippen LogP contribution in [0.25, 0.3) is 0 Å². The average Bonchev–Trinajstić information content (AvgIpc) is 2.95. The summed E-state index contributed by atoms with van der Waals surface area (Å²) in [6.45, 7) is 1.76. The van der Waals surface area contributed by atoms with Gasteiger partial charge in [-0.1, -0.05) is 5.16 Å². The van der Waals surface area contributed by atoms with Crippen LogP contribution < -0.4 is 10.6 Å². The zero-order chi connectivity index (χ0) is 16.2. The van der Waals surface area contributed by atoms with Crippen molar-refractivity contribution in [3.63, 3.8) is 0 Å². The summed E-state index contributed by atoms with van der Waals surface area (Å²) in [5.41, 5.74) is 0.628. The molecule has 23 heavy (non-hydrogen) atoms. The second-order valence-corrected chi connectivity index (χ2v) is 4.67. The number of aryl methyl sites for hydroxylation is 1. The molecule has 0 saturated carbocycles. The van der Waals surface area contributed by atoms with E-state index in [2.05, 4.69) is 25.8 Å². The van der Waals surface area contributed by atoms with Crippen molar-refractivity contribution in [1.29, 1.82) is 0 Å². The fourth-order valence-electron chi connectivity index (χ4n) is 1.81. The van der Waals surface area contributed by atoms with E-state index in [0.717, 1.165) is 0 Å². The molecule has 0 aliphatic carbocycles. The molecule has 0 atom stereocenters. The molecule has 2 N–H and O–H groups in total. The van der Waals surface area contributed by atoms with Crippen LogP contribution in [0.4, 0.5) is 21.8 Å². The van der Waals surface area contributed by atoms with E-state index in [4.69, 9.17) is 4.52 Å². The average molecular weight is 313 g/mol. The summed E-state index contributed by atoms with van der Waals surface area (Å²) >= 11 is 0. The van der Waals surface area contributed by atoms with Crippen molar-refractivity contribution in [1.82, 2.24) is 15.1 Å². The molecule has 0 aliphatic heterocycles. The van der Waals surface area contributed by atoms with Crippen molar-refractivity contribution in [3.8, 4) is 0 Å². The van der Waals surface area contributed by atoms with E-state index in [9.17, 15) is 9.18 Å². The molecule has 2 aromatic heterocycles. The summed E-state index contributed by atoms with van der Waals surface area (Å²) in [4.78, 5) is 20.3. The Balaban J connectivity index is 1.73. The minimum atomic E-state index is -0.432. The van der Waals surface area contributed by atoms with Gasteiger partial charge in [-0.05, 0) is 37.3 Å². The van der Waals surface area contributed by atoms with Crippen LogP contribution >= 0.6 is 0 Å². The van der Waals surface area contributed by atoms with Crippen molar-refractivity contribution < 1.29 is 13.7 Å². The van der Waals surface area contributed by atoms with Crippen LogP contribution in [0.1, 0.15) is 16.2 Å². The zero-order valence-electron chi connectivity index (χ0n) is 12.1. The standard InChI is InChI=1S/C15H12FN5O2/c1-9-8-13(21-23-9)20-15-17-7-6-12(19-15)14(22)18-11-4-2-10(16)3-5-11/h2-8H,1H3,(H,18,22)(H,17,19,20,21). The highest BCUT2D eigenvalue weighted by Gasteiger charge is 2.10. The third-order valence-corrected chi connectivity index (χ3v) is 2.86. The van der Waals surface area contributed by atoms with Crippen molar-refractivity contribution in [2.75, 3.05) is 10.6 Å². The second-order valence-electron chi connectivity index (χ2n) is 4.67. The molecule has 0 bridgehead atoms. The fourth-order valence-corrected chi connectivity index (χ4v) is 1.81. The Labute approximate surface area is 130 Å². The van der Waals surface area contributed by atoms with Gasteiger partial charge in [-0.15, -0.1) is 0 Å². The zero-order valence-corrected chi connectivity index (χ0v) is 12.1. The van der Waals surface area contributed by atoms with Crippen LogP contribution in [-0.2, 0) is 0 Å². The van der Waals surface area contributed by atoms with Gasteiger partial charge in [0.15, 0.2) is 5.82 Å². The molecule has 0 aliphatic rings. The molecule has 0 unspecified atom stereocenters. The minimum Gasteiger partial charge on any atom is -0.360 e. The van der Waals surface area contributed by atoms with Gasteiger partial charge in [0.2, 0.25) is 5.95 Å². The van der Waals surface area contributed by atoms with Crippen molar-refractivity contribution in [2.24, 2.45) is 0 Å². The molecule has 8 heteroatoms. The van der Waals surface area contributed by atoms with Crippen LogP contribution in [0.5, 0.6) is 0 Å². The molecule has 3 aromatic rings. The van der Waals surface area contributed by atoms with Gasteiger partial charge < -0.3 is 15.2 Å². The number of nitrogens with one attached hydrogen (secondary N) is 2. The molecule has 116 valence electrons. The second kappa shape index (κ2) is 6.22. The van der Waals surface area contributed by atoms with Crippen LogP contribution in [0, 0.1) is 12.7 Å². The third kappa shape index (κ3) is 3.67. The van der Waals surface area contributed by atoms with E-state index in [1.165, 1.54) is 36.5 Å². The van der Waals surface area contributed by atoms with Crippen LogP contribution in [-0.4, -0.2) is 21.0 Å². The molecule has 0 spiro atoms. The molecule has 1 amide bonds. The summed E-state index contributed by atoms with van der Waals surface area (Å²) in [6.07, 6.45) is 1.45. The van der Waals surface area contributed by atoms with Gasteiger partial charge in [0.05, 0.1) is 0 Å². The molecule has 3 rings (SSSR count). The number of carbonyl (C=O) groups excluding carboxylic acids is 1. The van der Waals surface area contributed by atoms with E-state index in [1.54, 1.807) is 13.0 Å². The molecule has 0 fully saturated rings. The monoisotopic (exact) mass is 313 g/mol. The van der Waals surface area contributed by atoms with Crippen molar-refractivity contribution >= 4 is 23.4 Å². The summed E-state index contributed by atoms with van der Waals surface area (Å²) in [7, 11) is 0. The molecular formula is C15H12FN5O2. The Morgan fingerprint density at radius 3 is 2.70 bits per heavy atom. The van der Waals surface area contributed by atoms with Gasteiger partial charge in [-0.2, -0.15) is 0 Å². The molecule has 0 radical (unpaired) electrons. The number of amides is 1. The lowest BCUT2D eigenvalue weighted by molar-refractivity contribution is 0.102. The molecule has 7 nitrogen and oxygen atoms in total. The third-order valence-electron chi connectivity index (χ3n) is 2.86. The Morgan fingerprint density at radius 1 is 1.22 bits per heavy atom. The Morgan fingerprint density at radius 2 is 2.00 bits per heavy atom. The van der Waals surface area contributed by atoms with Crippen LogP contribution in [0.2, 0.25) is 0 Å². The summed E-state index contributed by atoms with van der Waals surface area (Å²) in [5, 5.41) is 9.22. The number of anilines is 3. The van der Waals surface area contributed by atoms with Gasteiger partial charge >= 0.3 is 0 Å². The van der Waals surface area contributed by atoms with Crippen LogP contribution in [0.15, 0.2) is 47.1 Å². The number of hydrogen-bond acceptors (Lipinski definition) is 6. The topological polar surface area (TPSA) is 92.9 Å². The first-order chi connectivity index (χ1) is 11.1. The summed E-state index contributed by atoms with van der Waals surface area (Å²) in [6, 6.07) is 8.59. The van der Waals surface area contributed by atoms with Gasteiger partial charge in [0.25, 0.3) is 5.91 Å². The molecule has 0 saturated heterocycles. The van der Waals surface area contributed by atoms with E-state index < -0.39 is 5.91 Å². The van der Waals surface area contributed by atoms with Gasteiger partial charge in [0.1, 0.15) is 17.3 Å². The number of hydrogen-bond donors (Lipinski definition) is 2. The first kappa shape index (κ1) is 14.6. The van der Waals surface area contributed by atoms with Gasteiger partial charge in [0, 0.05) is 18.0 Å². The number of carbonyl (C=O) groups is 1. The predicted molar refractivity (Wildman–Crippen MR) is 80.9 cm³/mol. The smallest absolute Gasteiger partial charge is 0.274 e. The first-order valence-electron chi connectivity index (χ1n) is 6.70. The SMILES string of the molecule is Cc1cc(Nc2nccc(C(=O)Nc3ccc(F)cc3)n2)no1. The number of benzene rings is 1. The first-order valence-corrected chi connectivity index (χ1v) is 6.70. The lowest BCUT2D eigenvalue weighted by Gasteiger charge is -2.06. The Kier molecular flexibility index (Phi) is 3.96. The maximum atomic E-state index is 12.9. The molecule has 1 aromatic carbocycles. The largest absolute Gasteiger partial charge is 0.360 e. The normalized spacial score (nSPS) is 10.3. The molecule has 2 heterocycles. The number of rotatable bonds is 4. The lowest BCUT2D eigenvalue weighted by Crippen LogP contribution is -2.14. The predicted octanol–water partition coefficient (Wildman–Crippen LogP) is 2.91. The highest BCUT2D eigenvalue weighted by Crippen LogP contribution is 2.13. The van der Waals surface area contributed by atoms with E-state index in [1.807, 2.05) is 0 Å². The summed E-state index contributed by atoms with van der Waals surface area (Å²) < 4.78 is 17.8. The quantitative estimate of drug-likeness (QED) is 0.769. The highest BCUT2D eigenvalue weighted by molar-refractivity contribution is 6.02. The minimum absolute atomic E-state index is 0.159. The molecular weight excluding hydrogens is 301 g/mol.